The number of hydrogen-bond donors (Lipinski definition) is 4. The average Bonchev–Trinajstić information content (AvgIpc) is 3.74. The Kier molecular flexibility index (Phi) is 6.87. The molecule has 1 heterocycles. The number of rotatable bonds is 9. The Morgan fingerprint density at radius 3 is 1.92 bits per heavy atom. The lowest BCUT2D eigenvalue weighted by Gasteiger charge is -2.16. The van der Waals surface area contributed by atoms with Crippen LogP contribution in [0.25, 0.3) is 0 Å². The van der Waals surface area contributed by atoms with Crippen LogP contribution in [0.2, 0.25) is 0 Å². The average molecular weight is 528 g/mol. The molecule has 1 aliphatic rings. The van der Waals surface area contributed by atoms with Crippen molar-refractivity contribution in [3.8, 4) is 11.6 Å². The van der Waals surface area contributed by atoms with E-state index in [2.05, 4.69) is 25.9 Å². The highest BCUT2D eigenvalue weighted by Crippen LogP contribution is 2.47. The van der Waals surface area contributed by atoms with E-state index in [0.717, 1.165) is 0 Å². The van der Waals surface area contributed by atoms with Crippen molar-refractivity contribution in [3.05, 3.63) is 96.4 Å². The van der Waals surface area contributed by atoms with Gasteiger partial charge in [0, 0.05) is 29.3 Å². The molecular weight excluding hydrogens is 505 g/mol. The van der Waals surface area contributed by atoms with Crippen LogP contribution in [0.4, 0.5) is 27.4 Å². The molecule has 5 rings (SSSR count). The fraction of sp³-hybridized carbons (Fsp3) is 0.107. The molecule has 0 unspecified atom stereocenters. The van der Waals surface area contributed by atoms with E-state index >= 15 is 0 Å². The number of carboxylic acid groups (broad SMARTS) is 1. The topological polar surface area (TPSA) is 143 Å². The number of aromatic nitrogens is 2. The number of carbonyl (C=O) groups is 3. The summed E-state index contributed by atoms with van der Waals surface area (Å²) in [7, 11) is 0. The van der Waals surface area contributed by atoms with Gasteiger partial charge in [-0.2, -0.15) is 4.98 Å². The van der Waals surface area contributed by atoms with Gasteiger partial charge in [-0.1, -0.05) is 0 Å². The van der Waals surface area contributed by atoms with Crippen LogP contribution in [0.3, 0.4) is 0 Å². The minimum atomic E-state index is -1.16. The van der Waals surface area contributed by atoms with Crippen LogP contribution in [0.1, 0.15) is 23.2 Å². The normalized spacial score (nSPS) is 13.2. The van der Waals surface area contributed by atoms with Gasteiger partial charge in [-0.25, -0.2) is 14.2 Å². The second-order valence-corrected chi connectivity index (χ2v) is 8.85. The molecule has 3 aromatic carbocycles. The highest BCUT2D eigenvalue weighted by atomic mass is 19.1. The Hall–Kier alpha value is -5.32. The van der Waals surface area contributed by atoms with E-state index in [4.69, 9.17) is 9.84 Å². The molecule has 11 heteroatoms. The maximum Gasteiger partial charge on any atom is 0.335 e. The van der Waals surface area contributed by atoms with Gasteiger partial charge in [-0.3, -0.25) is 9.59 Å². The number of ether oxygens (including phenoxy) is 1. The Bertz CT molecular complexity index is 1520. The molecule has 39 heavy (non-hydrogen) atoms. The third-order valence-electron chi connectivity index (χ3n) is 6.07. The molecule has 10 nitrogen and oxygen atoms in total. The summed E-state index contributed by atoms with van der Waals surface area (Å²) in [4.78, 5) is 45.0. The summed E-state index contributed by atoms with van der Waals surface area (Å²) < 4.78 is 18.9. The fourth-order valence-corrected chi connectivity index (χ4v) is 3.73. The molecule has 4 aromatic rings. The summed E-state index contributed by atoms with van der Waals surface area (Å²) in [5, 5.41) is 17.4. The van der Waals surface area contributed by atoms with Crippen LogP contribution >= 0.6 is 0 Å². The number of nitrogens with zero attached hydrogens (tertiary/aromatic N) is 2. The standard InChI is InChI=1S/C28H22FN5O5/c29-18-3-7-19(8-4-18)31-25(37)28(14-15-28)26(38)32-20-9-11-22(12-10-20)39-23-13-16-30-27(34-23)33-21-5-1-17(2-6-21)24(35)36/h1-13,16H,14-15H2,(H,31,37)(H,32,38)(H,35,36)(H,30,33,34). The van der Waals surface area contributed by atoms with E-state index in [9.17, 15) is 18.8 Å². The van der Waals surface area contributed by atoms with Gasteiger partial charge < -0.3 is 25.8 Å². The van der Waals surface area contributed by atoms with E-state index in [-0.39, 0.29) is 17.4 Å². The number of carbonyl (C=O) groups excluding carboxylic acids is 2. The van der Waals surface area contributed by atoms with Gasteiger partial charge in [0.25, 0.3) is 0 Å². The molecule has 0 radical (unpaired) electrons. The van der Waals surface area contributed by atoms with Crippen molar-refractivity contribution in [3.63, 3.8) is 0 Å². The quantitative estimate of drug-likeness (QED) is 0.217. The minimum Gasteiger partial charge on any atom is -0.478 e. The number of anilines is 4. The van der Waals surface area contributed by atoms with E-state index in [0.29, 0.717) is 35.7 Å². The highest BCUT2D eigenvalue weighted by molar-refractivity contribution is 6.16. The SMILES string of the molecule is O=C(O)c1ccc(Nc2nccc(Oc3ccc(NC(=O)C4(C(=O)Nc5ccc(F)cc5)CC4)cc3)n2)cc1. The molecule has 196 valence electrons. The Balaban J connectivity index is 1.18. The summed E-state index contributed by atoms with van der Waals surface area (Å²) >= 11 is 0. The monoisotopic (exact) mass is 527 g/mol. The number of amides is 2. The summed E-state index contributed by atoms with van der Waals surface area (Å²) in [6.07, 6.45) is 2.35. The van der Waals surface area contributed by atoms with Crippen molar-refractivity contribution >= 4 is 40.8 Å². The first-order valence-electron chi connectivity index (χ1n) is 11.9. The van der Waals surface area contributed by atoms with Crippen LogP contribution < -0.4 is 20.7 Å². The summed E-state index contributed by atoms with van der Waals surface area (Å²) in [6, 6.07) is 19.6. The van der Waals surface area contributed by atoms with Gasteiger partial charge in [0.1, 0.15) is 17.0 Å². The maximum absolute atomic E-state index is 13.1. The zero-order valence-corrected chi connectivity index (χ0v) is 20.3. The Labute approximate surface area is 221 Å². The lowest BCUT2D eigenvalue weighted by Crippen LogP contribution is -2.35. The lowest BCUT2D eigenvalue weighted by atomic mass is 10.0. The van der Waals surface area contributed by atoms with Crippen LogP contribution in [0.5, 0.6) is 11.6 Å². The molecule has 0 saturated heterocycles. The summed E-state index contributed by atoms with van der Waals surface area (Å²) in [5.74, 6) is -1.30. The van der Waals surface area contributed by atoms with Crippen molar-refractivity contribution in [1.82, 2.24) is 9.97 Å². The number of halogens is 1. The van der Waals surface area contributed by atoms with Crippen LogP contribution in [-0.2, 0) is 9.59 Å². The second kappa shape index (κ2) is 10.6. The van der Waals surface area contributed by atoms with E-state index < -0.39 is 29.0 Å². The molecule has 4 N–H and O–H groups in total. The number of hydrogen-bond acceptors (Lipinski definition) is 7. The molecule has 0 spiro atoms. The predicted octanol–water partition coefficient (Wildman–Crippen LogP) is 5.21. The van der Waals surface area contributed by atoms with Gasteiger partial charge in [0.2, 0.25) is 23.6 Å². The first-order chi connectivity index (χ1) is 18.8. The highest BCUT2D eigenvalue weighted by Gasteiger charge is 2.56. The zero-order chi connectivity index (χ0) is 27.4. The van der Waals surface area contributed by atoms with Crippen LogP contribution in [0, 0.1) is 11.2 Å². The third-order valence-corrected chi connectivity index (χ3v) is 6.07. The van der Waals surface area contributed by atoms with Gasteiger partial charge in [-0.05, 0) is 85.6 Å². The first kappa shape index (κ1) is 25.3. The molecular formula is C28H22FN5O5. The largest absolute Gasteiger partial charge is 0.478 e. The lowest BCUT2D eigenvalue weighted by molar-refractivity contribution is -0.131. The molecule has 2 amide bonds. The first-order valence-corrected chi connectivity index (χ1v) is 11.9. The minimum absolute atomic E-state index is 0.166. The van der Waals surface area contributed by atoms with Crippen molar-refractivity contribution in [2.24, 2.45) is 5.41 Å². The number of benzene rings is 3. The van der Waals surface area contributed by atoms with Crippen molar-refractivity contribution in [2.75, 3.05) is 16.0 Å². The summed E-state index contributed by atoms with van der Waals surface area (Å²) in [5.41, 5.74) is 0.516. The molecule has 1 saturated carbocycles. The number of aromatic carboxylic acids is 1. The van der Waals surface area contributed by atoms with Gasteiger partial charge >= 0.3 is 5.97 Å². The van der Waals surface area contributed by atoms with Gasteiger partial charge in [0.15, 0.2) is 0 Å². The predicted molar refractivity (Wildman–Crippen MR) is 141 cm³/mol. The summed E-state index contributed by atoms with van der Waals surface area (Å²) in [6.45, 7) is 0. The third kappa shape index (κ3) is 5.99. The van der Waals surface area contributed by atoms with E-state index in [1.54, 1.807) is 42.5 Å². The smallest absolute Gasteiger partial charge is 0.335 e. The Morgan fingerprint density at radius 2 is 1.36 bits per heavy atom. The van der Waals surface area contributed by atoms with E-state index in [1.165, 1.54) is 42.6 Å². The van der Waals surface area contributed by atoms with Gasteiger partial charge in [-0.15, -0.1) is 0 Å². The molecule has 1 aliphatic carbocycles. The second-order valence-electron chi connectivity index (χ2n) is 8.85. The maximum atomic E-state index is 13.1. The molecule has 0 bridgehead atoms. The van der Waals surface area contributed by atoms with Crippen molar-refractivity contribution < 1.29 is 28.6 Å². The van der Waals surface area contributed by atoms with Gasteiger partial charge in [0.05, 0.1) is 5.56 Å². The van der Waals surface area contributed by atoms with Crippen LogP contribution in [-0.4, -0.2) is 32.9 Å². The molecule has 0 aliphatic heterocycles. The molecule has 1 aromatic heterocycles. The zero-order valence-electron chi connectivity index (χ0n) is 20.3. The Morgan fingerprint density at radius 1 is 0.795 bits per heavy atom. The fourth-order valence-electron chi connectivity index (χ4n) is 3.73. The number of carboxylic acids is 1. The van der Waals surface area contributed by atoms with Crippen LogP contribution in [0.15, 0.2) is 85.1 Å². The van der Waals surface area contributed by atoms with Crippen molar-refractivity contribution in [1.29, 1.82) is 0 Å². The molecule has 0 atom stereocenters. The molecule has 1 fully saturated rings. The van der Waals surface area contributed by atoms with E-state index in [1.807, 2.05) is 0 Å². The van der Waals surface area contributed by atoms with Crippen molar-refractivity contribution in [2.45, 2.75) is 12.8 Å². The number of nitrogens with one attached hydrogen (secondary N) is 3.